The fraction of sp³-hybridized carbons (Fsp3) is 0.857. The summed E-state index contributed by atoms with van der Waals surface area (Å²) >= 11 is 0. The van der Waals surface area contributed by atoms with E-state index in [0.717, 1.165) is 56.7 Å². The Morgan fingerprint density at radius 2 is 2.00 bits per heavy atom. The predicted molar refractivity (Wildman–Crippen MR) is 70.9 cm³/mol. The molecule has 1 aromatic heterocycles. The van der Waals surface area contributed by atoms with Gasteiger partial charge in [-0.15, -0.1) is 10.2 Å². The fourth-order valence-corrected chi connectivity index (χ4v) is 2.47. The molecular weight excluding hydrogens is 242 g/mol. The monoisotopic (exact) mass is 265 g/mol. The van der Waals surface area contributed by atoms with Crippen LogP contribution in [0.15, 0.2) is 4.42 Å². The van der Waals surface area contributed by atoms with E-state index >= 15 is 0 Å². The van der Waals surface area contributed by atoms with Gasteiger partial charge in [-0.2, -0.15) is 0 Å². The van der Waals surface area contributed by atoms with E-state index in [1.54, 1.807) is 0 Å². The smallest absolute Gasteiger partial charge is 0.219 e. The number of hydrogen-bond donors (Lipinski definition) is 1. The van der Waals surface area contributed by atoms with Crippen molar-refractivity contribution in [1.82, 2.24) is 15.5 Å². The molecule has 1 aromatic rings. The third kappa shape index (κ3) is 4.28. The van der Waals surface area contributed by atoms with Crippen LogP contribution in [0.1, 0.15) is 50.3 Å². The van der Waals surface area contributed by atoms with Crippen LogP contribution in [0.25, 0.3) is 0 Å². The number of nitrogens with zero attached hydrogens (tertiary/aromatic N) is 2. The molecule has 0 spiro atoms. The highest BCUT2D eigenvalue weighted by Gasteiger charge is 2.20. The fourth-order valence-electron chi connectivity index (χ4n) is 2.47. The second-order valence-corrected chi connectivity index (χ2v) is 5.61. The van der Waals surface area contributed by atoms with Crippen molar-refractivity contribution in [2.75, 3.05) is 13.2 Å². The topological polar surface area (TPSA) is 60.2 Å². The molecule has 2 fully saturated rings. The maximum absolute atomic E-state index is 5.69. The maximum Gasteiger partial charge on any atom is 0.219 e. The van der Waals surface area contributed by atoms with E-state index < -0.39 is 0 Å². The number of nitrogens with one attached hydrogen (secondary N) is 1. The molecule has 106 valence electrons. The van der Waals surface area contributed by atoms with Gasteiger partial charge in [-0.3, -0.25) is 0 Å². The Balaban J connectivity index is 1.37. The molecule has 3 rings (SSSR count). The van der Waals surface area contributed by atoms with Gasteiger partial charge in [0, 0.05) is 19.1 Å². The van der Waals surface area contributed by atoms with Gasteiger partial charge in [0.2, 0.25) is 11.8 Å². The SMILES string of the molecule is C1CCC(Cc2nnc(CCCNC3CC3)o2)OC1. The van der Waals surface area contributed by atoms with Gasteiger partial charge in [0.15, 0.2) is 0 Å². The van der Waals surface area contributed by atoms with Crippen molar-refractivity contribution in [3.63, 3.8) is 0 Å². The average molecular weight is 265 g/mol. The van der Waals surface area contributed by atoms with Crippen molar-refractivity contribution >= 4 is 0 Å². The number of aryl methyl sites for hydroxylation is 1. The lowest BCUT2D eigenvalue weighted by molar-refractivity contribution is 0.0130. The molecule has 0 bridgehead atoms. The quantitative estimate of drug-likeness (QED) is 0.763. The molecule has 0 amide bonds. The highest BCUT2D eigenvalue weighted by molar-refractivity contribution is 4.86. The van der Waals surface area contributed by atoms with Crippen LogP contribution in [-0.2, 0) is 17.6 Å². The van der Waals surface area contributed by atoms with Crippen molar-refractivity contribution in [2.45, 2.75) is 63.5 Å². The standard InChI is InChI=1S/C14H23N3O2/c1-2-9-18-12(4-1)10-14-17-16-13(19-14)5-3-8-15-11-6-7-11/h11-12,15H,1-10H2. The first kappa shape index (κ1) is 13.1. The predicted octanol–water partition coefficient (Wildman–Crippen LogP) is 1.87. The molecule has 1 N–H and O–H groups in total. The first-order valence-corrected chi connectivity index (χ1v) is 7.56. The van der Waals surface area contributed by atoms with Gasteiger partial charge in [-0.25, -0.2) is 0 Å². The Labute approximate surface area is 114 Å². The van der Waals surface area contributed by atoms with E-state index in [9.17, 15) is 0 Å². The molecule has 1 aliphatic carbocycles. The summed E-state index contributed by atoms with van der Waals surface area (Å²) in [5, 5.41) is 11.7. The molecule has 1 aliphatic heterocycles. The van der Waals surface area contributed by atoms with Gasteiger partial charge in [0.1, 0.15) is 0 Å². The van der Waals surface area contributed by atoms with Crippen molar-refractivity contribution in [3.8, 4) is 0 Å². The van der Waals surface area contributed by atoms with E-state index in [4.69, 9.17) is 9.15 Å². The molecule has 2 heterocycles. The van der Waals surface area contributed by atoms with Crippen LogP contribution in [0.4, 0.5) is 0 Å². The first-order chi connectivity index (χ1) is 9.40. The largest absolute Gasteiger partial charge is 0.425 e. The minimum Gasteiger partial charge on any atom is -0.425 e. The molecule has 5 heteroatoms. The number of hydrogen-bond acceptors (Lipinski definition) is 5. The minimum absolute atomic E-state index is 0.276. The summed E-state index contributed by atoms with van der Waals surface area (Å²) in [7, 11) is 0. The molecule has 0 radical (unpaired) electrons. The van der Waals surface area contributed by atoms with Gasteiger partial charge in [0.25, 0.3) is 0 Å². The first-order valence-electron chi connectivity index (χ1n) is 7.56. The Kier molecular flexibility index (Phi) is 4.45. The molecule has 2 aliphatic rings. The second kappa shape index (κ2) is 6.48. The summed E-state index contributed by atoms with van der Waals surface area (Å²) < 4.78 is 11.4. The Bertz CT molecular complexity index is 384. The summed E-state index contributed by atoms with van der Waals surface area (Å²) in [4.78, 5) is 0. The van der Waals surface area contributed by atoms with Gasteiger partial charge >= 0.3 is 0 Å². The number of aromatic nitrogens is 2. The summed E-state index contributed by atoms with van der Waals surface area (Å²) in [6, 6.07) is 0.779. The van der Waals surface area contributed by atoms with E-state index in [1.807, 2.05) is 0 Å². The third-order valence-electron chi connectivity index (χ3n) is 3.76. The van der Waals surface area contributed by atoms with Gasteiger partial charge < -0.3 is 14.5 Å². The van der Waals surface area contributed by atoms with Gasteiger partial charge in [-0.05, 0) is 45.1 Å². The molecule has 0 aromatic carbocycles. The molecular formula is C14H23N3O2. The van der Waals surface area contributed by atoms with E-state index in [-0.39, 0.29) is 6.10 Å². The van der Waals surface area contributed by atoms with Gasteiger partial charge in [-0.1, -0.05) is 0 Å². The Hall–Kier alpha value is -0.940. The van der Waals surface area contributed by atoms with Crippen LogP contribution in [-0.4, -0.2) is 35.5 Å². The normalized spacial score (nSPS) is 23.7. The molecule has 1 saturated carbocycles. The van der Waals surface area contributed by atoms with Crippen molar-refractivity contribution < 1.29 is 9.15 Å². The molecule has 5 nitrogen and oxygen atoms in total. The lowest BCUT2D eigenvalue weighted by Crippen LogP contribution is -2.21. The zero-order valence-electron chi connectivity index (χ0n) is 11.4. The van der Waals surface area contributed by atoms with Gasteiger partial charge in [0.05, 0.1) is 12.5 Å². The Morgan fingerprint density at radius 1 is 1.11 bits per heavy atom. The lowest BCUT2D eigenvalue weighted by Gasteiger charge is -2.20. The zero-order chi connectivity index (χ0) is 12.9. The summed E-state index contributed by atoms with van der Waals surface area (Å²) in [5.74, 6) is 1.50. The molecule has 1 atom stereocenters. The molecule has 19 heavy (non-hydrogen) atoms. The van der Waals surface area contributed by atoms with Crippen LogP contribution in [0, 0.1) is 0 Å². The third-order valence-corrected chi connectivity index (χ3v) is 3.76. The zero-order valence-corrected chi connectivity index (χ0v) is 11.4. The highest BCUT2D eigenvalue weighted by atomic mass is 16.5. The summed E-state index contributed by atoms with van der Waals surface area (Å²) in [5.41, 5.74) is 0. The number of ether oxygens (including phenoxy) is 1. The van der Waals surface area contributed by atoms with Crippen molar-refractivity contribution in [1.29, 1.82) is 0 Å². The van der Waals surface area contributed by atoms with Crippen molar-refractivity contribution in [2.24, 2.45) is 0 Å². The second-order valence-electron chi connectivity index (χ2n) is 5.61. The van der Waals surface area contributed by atoms with Crippen LogP contribution in [0.2, 0.25) is 0 Å². The minimum atomic E-state index is 0.276. The molecule has 1 saturated heterocycles. The van der Waals surface area contributed by atoms with E-state index in [1.165, 1.54) is 25.7 Å². The lowest BCUT2D eigenvalue weighted by atomic mass is 10.1. The van der Waals surface area contributed by atoms with Crippen LogP contribution in [0.3, 0.4) is 0 Å². The summed E-state index contributed by atoms with van der Waals surface area (Å²) in [6.45, 7) is 1.92. The van der Waals surface area contributed by atoms with Crippen molar-refractivity contribution in [3.05, 3.63) is 11.8 Å². The average Bonchev–Trinajstić information content (AvgIpc) is 3.16. The van der Waals surface area contributed by atoms with E-state index in [2.05, 4.69) is 15.5 Å². The van der Waals surface area contributed by atoms with Crippen LogP contribution in [0.5, 0.6) is 0 Å². The number of rotatable bonds is 7. The Morgan fingerprint density at radius 3 is 2.79 bits per heavy atom. The summed E-state index contributed by atoms with van der Waals surface area (Å²) in [6.07, 6.45) is 9.21. The highest BCUT2D eigenvalue weighted by Crippen LogP contribution is 2.19. The van der Waals surface area contributed by atoms with E-state index in [0.29, 0.717) is 0 Å². The van der Waals surface area contributed by atoms with Crippen LogP contribution >= 0.6 is 0 Å². The van der Waals surface area contributed by atoms with Crippen LogP contribution < -0.4 is 5.32 Å². The maximum atomic E-state index is 5.69. The molecule has 1 unspecified atom stereocenters.